The van der Waals surface area contributed by atoms with Crippen LogP contribution in [-0.2, 0) is 19.6 Å². The van der Waals surface area contributed by atoms with Crippen molar-refractivity contribution >= 4 is 10.9 Å². The molecule has 0 saturated heterocycles. The summed E-state index contributed by atoms with van der Waals surface area (Å²) in [6.07, 6.45) is 1.67. The molecular formula is C29H32N6O2. The second kappa shape index (κ2) is 10.5. The van der Waals surface area contributed by atoms with E-state index in [9.17, 15) is 4.79 Å². The third-order valence-corrected chi connectivity index (χ3v) is 6.87. The Kier molecular flexibility index (Phi) is 7.01. The van der Waals surface area contributed by atoms with E-state index in [2.05, 4.69) is 71.3 Å². The van der Waals surface area contributed by atoms with E-state index in [-0.39, 0.29) is 17.5 Å². The van der Waals surface area contributed by atoms with Gasteiger partial charge >= 0.3 is 0 Å². The van der Waals surface area contributed by atoms with Gasteiger partial charge in [-0.3, -0.25) is 9.69 Å². The first-order valence-electron chi connectivity index (χ1n) is 12.6. The van der Waals surface area contributed by atoms with Crippen LogP contribution in [0.1, 0.15) is 53.7 Å². The highest BCUT2D eigenvalue weighted by molar-refractivity contribution is 5.80. The minimum Gasteiger partial charge on any atom is -0.468 e. The van der Waals surface area contributed by atoms with Crippen LogP contribution in [0.25, 0.3) is 10.9 Å². The van der Waals surface area contributed by atoms with Gasteiger partial charge in [-0.25, -0.2) is 4.68 Å². The van der Waals surface area contributed by atoms with E-state index < -0.39 is 0 Å². The van der Waals surface area contributed by atoms with Crippen LogP contribution >= 0.6 is 0 Å². The normalized spacial score (nSPS) is 12.6. The smallest absolute Gasteiger partial charge is 0.252 e. The number of fused-ring (bicyclic) bond motifs is 1. The van der Waals surface area contributed by atoms with Crippen molar-refractivity contribution < 1.29 is 4.42 Å². The standard InChI is InChI=1S/C29H32N6O2/c1-19(2)27(28-31-32-33-35(28)16-22-9-6-5-7-10-22)34(18-25-11-8-12-37-25)17-24-15-23-13-20(3)21(4)14-26(23)30-29(24)36/h5-15,19,27H,16-18H2,1-4H3,(H,30,36)/t27-/m1/s1. The molecule has 1 N–H and O–H groups in total. The van der Waals surface area contributed by atoms with Crippen LogP contribution in [0.3, 0.4) is 0 Å². The quantitative estimate of drug-likeness (QED) is 0.303. The fourth-order valence-electron chi connectivity index (χ4n) is 4.89. The number of pyridine rings is 1. The number of aryl methyl sites for hydroxylation is 2. The van der Waals surface area contributed by atoms with Gasteiger partial charge in [0.25, 0.3) is 5.56 Å². The second-order valence-electron chi connectivity index (χ2n) is 10.0. The van der Waals surface area contributed by atoms with Crippen LogP contribution < -0.4 is 5.56 Å². The number of hydrogen-bond donors (Lipinski definition) is 1. The van der Waals surface area contributed by atoms with Gasteiger partial charge in [0.05, 0.1) is 25.4 Å². The molecule has 0 spiro atoms. The molecule has 1 atom stereocenters. The van der Waals surface area contributed by atoms with Crippen molar-refractivity contribution in [2.24, 2.45) is 5.92 Å². The lowest BCUT2D eigenvalue weighted by Gasteiger charge is -2.33. The van der Waals surface area contributed by atoms with Gasteiger partial charge in [0.1, 0.15) is 5.76 Å². The number of hydrogen-bond acceptors (Lipinski definition) is 6. The fourth-order valence-corrected chi connectivity index (χ4v) is 4.89. The molecular weight excluding hydrogens is 464 g/mol. The number of nitrogens with zero attached hydrogens (tertiary/aromatic N) is 5. The molecule has 8 nitrogen and oxygen atoms in total. The van der Waals surface area contributed by atoms with Crippen LogP contribution in [0.5, 0.6) is 0 Å². The summed E-state index contributed by atoms with van der Waals surface area (Å²) in [6, 6.07) is 20.0. The Morgan fingerprint density at radius 1 is 1.00 bits per heavy atom. The van der Waals surface area contributed by atoms with Crippen LogP contribution in [-0.4, -0.2) is 30.1 Å². The number of benzene rings is 2. The molecule has 3 aromatic heterocycles. The minimum atomic E-state index is -0.154. The van der Waals surface area contributed by atoms with Crippen molar-refractivity contribution in [2.75, 3.05) is 0 Å². The molecule has 0 saturated carbocycles. The van der Waals surface area contributed by atoms with Gasteiger partial charge in [-0.15, -0.1) is 5.10 Å². The minimum absolute atomic E-state index is 0.0911. The maximum atomic E-state index is 13.2. The van der Waals surface area contributed by atoms with E-state index >= 15 is 0 Å². The molecule has 0 radical (unpaired) electrons. The summed E-state index contributed by atoms with van der Waals surface area (Å²) >= 11 is 0. The Balaban J connectivity index is 1.54. The molecule has 0 fully saturated rings. The van der Waals surface area contributed by atoms with Gasteiger partial charge in [0.15, 0.2) is 5.82 Å². The first kappa shape index (κ1) is 24.6. The molecule has 190 valence electrons. The van der Waals surface area contributed by atoms with Crippen molar-refractivity contribution in [3.05, 3.63) is 111 Å². The summed E-state index contributed by atoms with van der Waals surface area (Å²) < 4.78 is 7.57. The highest BCUT2D eigenvalue weighted by atomic mass is 16.3. The first-order chi connectivity index (χ1) is 17.9. The van der Waals surface area contributed by atoms with E-state index in [1.807, 2.05) is 47.1 Å². The van der Waals surface area contributed by atoms with E-state index in [4.69, 9.17) is 4.42 Å². The maximum absolute atomic E-state index is 13.2. The summed E-state index contributed by atoms with van der Waals surface area (Å²) in [6.45, 7) is 9.94. The van der Waals surface area contributed by atoms with Gasteiger partial charge < -0.3 is 9.40 Å². The lowest BCUT2D eigenvalue weighted by atomic mass is 9.99. The maximum Gasteiger partial charge on any atom is 0.252 e. The van der Waals surface area contributed by atoms with E-state index in [0.717, 1.165) is 33.6 Å². The third kappa shape index (κ3) is 5.39. The van der Waals surface area contributed by atoms with Crippen molar-refractivity contribution in [1.82, 2.24) is 30.1 Å². The molecule has 0 aliphatic rings. The number of rotatable bonds is 9. The monoisotopic (exact) mass is 496 g/mol. The number of tetrazole rings is 1. The molecule has 2 aromatic carbocycles. The Morgan fingerprint density at radius 3 is 2.51 bits per heavy atom. The molecule has 0 aliphatic carbocycles. The van der Waals surface area contributed by atoms with Gasteiger partial charge in [-0.2, -0.15) is 0 Å². The zero-order valence-electron chi connectivity index (χ0n) is 21.7. The molecule has 0 aliphatic heterocycles. The Bertz CT molecular complexity index is 1540. The molecule has 37 heavy (non-hydrogen) atoms. The van der Waals surface area contributed by atoms with Crippen LogP contribution in [0.4, 0.5) is 0 Å². The highest BCUT2D eigenvalue weighted by Gasteiger charge is 2.30. The molecule has 5 rings (SSSR count). The van der Waals surface area contributed by atoms with Crippen LogP contribution in [0.15, 0.2) is 76.1 Å². The molecule has 5 aromatic rings. The predicted octanol–water partition coefficient (Wildman–Crippen LogP) is 5.17. The van der Waals surface area contributed by atoms with Gasteiger partial charge in [-0.05, 0) is 82.6 Å². The third-order valence-electron chi connectivity index (χ3n) is 6.87. The summed E-state index contributed by atoms with van der Waals surface area (Å²) in [4.78, 5) is 18.5. The Hall–Kier alpha value is -4.04. The fraction of sp³-hybridized carbons (Fsp3) is 0.310. The van der Waals surface area contributed by atoms with Gasteiger partial charge in [0.2, 0.25) is 0 Å². The molecule has 0 amide bonds. The zero-order valence-corrected chi connectivity index (χ0v) is 21.7. The average Bonchev–Trinajstić information content (AvgIpc) is 3.54. The van der Waals surface area contributed by atoms with Crippen molar-refractivity contribution in [1.29, 1.82) is 0 Å². The average molecular weight is 497 g/mol. The van der Waals surface area contributed by atoms with Crippen LogP contribution in [0.2, 0.25) is 0 Å². The highest BCUT2D eigenvalue weighted by Crippen LogP contribution is 2.30. The SMILES string of the molecule is Cc1cc2cc(CN(Cc3ccco3)[C@@H](c3nnnn3Cc3ccccc3)C(C)C)c(=O)[nH]c2cc1C. The van der Waals surface area contributed by atoms with Gasteiger partial charge in [0, 0.05) is 17.6 Å². The largest absolute Gasteiger partial charge is 0.468 e. The number of aromatic amines is 1. The number of H-pyrrole nitrogens is 1. The summed E-state index contributed by atoms with van der Waals surface area (Å²) in [5.41, 5.74) is 4.91. The summed E-state index contributed by atoms with van der Waals surface area (Å²) in [5, 5.41) is 13.8. The topological polar surface area (TPSA) is 92.8 Å². The predicted molar refractivity (Wildman–Crippen MR) is 143 cm³/mol. The first-order valence-corrected chi connectivity index (χ1v) is 12.6. The van der Waals surface area contributed by atoms with Crippen molar-refractivity contribution in [2.45, 2.75) is 53.4 Å². The van der Waals surface area contributed by atoms with Crippen LogP contribution in [0, 0.1) is 19.8 Å². The Morgan fingerprint density at radius 2 is 1.78 bits per heavy atom. The van der Waals surface area contributed by atoms with E-state index in [1.54, 1.807) is 6.26 Å². The zero-order chi connectivity index (χ0) is 25.9. The molecule has 8 heteroatoms. The van der Waals surface area contributed by atoms with Crippen molar-refractivity contribution in [3.63, 3.8) is 0 Å². The molecule has 0 unspecified atom stereocenters. The summed E-state index contributed by atoms with van der Waals surface area (Å²) in [5.74, 6) is 1.74. The molecule has 0 bridgehead atoms. The second-order valence-corrected chi connectivity index (χ2v) is 10.0. The van der Waals surface area contributed by atoms with E-state index in [1.165, 1.54) is 5.56 Å². The number of nitrogens with one attached hydrogen (secondary N) is 1. The van der Waals surface area contributed by atoms with E-state index in [0.29, 0.717) is 25.2 Å². The number of furan rings is 1. The lowest BCUT2D eigenvalue weighted by Crippen LogP contribution is -2.35. The molecule has 3 heterocycles. The van der Waals surface area contributed by atoms with Gasteiger partial charge in [-0.1, -0.05) is 44.2 Å². The van der Waals surface area contributed by atoms with Crippen molar-refractivity contribution in [3.8, 4) is 0 Å². The summed E-state index contributed by atoms with van der Waals surface area (Å²) in [7, 11) is 0. The lowest BCUT2D eigenvalue weighted by molar-refractivity contribution is 0.116. The Labute approximate surface area is 215 Å². The number of aromatic nitrogens is 5.